The molecule has 5 nitrogen and oxygen atoms in total. The first kappa shape index (κ1) is 17.6. The van der Waals surface area contributed by atoms with E-state index in [0.29, 0.717) is 18.0 Å². The van der Waals surface area contributed by atoms with E-state index in [9.17, 15) is 0 Å². The van der Waals surface area contributed by atoms with Crippen LogP contribution in [0.2, 0.25) is 0 Å². The van der Waals surface area contributed by atoms with Crippen LogP contribution in [0.1, 0.15) is 5.56 Å². The molecule has 0 bridgehead atoms. The fraction of sp³-hybridized carbons (Fsp3) is 0.190. The van der Waals surface area contributed by atoms with Crippen LogP contribution in [-0.2, 0) is 6.54 Å². The zero-order valence-electron chi connectivity index (χ0n) is 15.2. The van der Waals surface area contributed by atoms with Crippen LogP contribution in [-0.4, -0.2) is 26.3 Å². The highest BCUT2D eigenvalue weighted by Crippen LogP contribution is 2.34. The van der Waals surface area contributed by atoms with E-state index in [0.717, 1.165) is 28.3 Å². The van der Waals surface area contributed by atoms with Gasteiger partial charge in [-0.3, -0.25) is 0 Å². The molecule has 0 spiro atoms. The molecule has 0 amide bonds. The van der Waals surface area contributed by atoms with Gasteiger partial charge in [-0.2, -0.15) is 0 Å². The van der Waals surface area contributed by atoms with Gasteiger partial charge in [0, 0.05) is 29.9 Å². The first-order chi connectivity index (χ1) is 12.7. The van der Waals surface area contributed by atoms with Crippen molar-refractivity contribution in [3.05, 3.63) is 66.4 Å². The van der Waals surface area contributed by atoms with Crippen LogP contribution < -0.4 is 19.5 Å². The second kappa shape index (κ2) is 8.25. The molecule has 0 unspecified atom stereocenters. The molecule has 26 heavy (non-hydrogen) atoms. The number of nitrogens with zero attached hydrogens (tertiary/aromatic N) is 1. The highest BCUT2D eigenvalue weighted by atomic mass is 16.5. The highest BCUT2D eigenvalue weighted by molar-refractivity contribution is 5.63. The van der Waals surface area contributed by atoms with Crippen LogP contribution in [0.4, 0.5) is 5.82 Å². The van der Waals surface area contributed by atoms with E-state index in [-0.39, 0.29) is 0 Å². The van der Waals surface area contributed by atoms with Crippen molar-refractivity contribution in [2.45, 2.75) is 6.54 Å². The van der Waals surface area contributed by atoms with E-state index in [1.54, 1.807) is 21.3 Å². The molecule has 0 aliphatic heterocycles. The number of ether oxygens (including phenoxy) is 3. The normalized spacial score (nSPS) is 10.3. The molecule has 134 valence electrons. The molecule has 0 aliphatic carbocycles. The predicted molar refractivity (Wildman–Crippen MR) is 103 cm³/mol. The van der Waals surface area contributed by atoms with Gasteiger partial charge in [0.1, 0.15) is 11.6 Å². The number of methoxy groups -OCH3 is 3. The summed E-state index contributed by atoms with van der Waals surface area (Å²) in [6, 6.07) is 17.9. The predicted octanol–water partition coefficient (Wildman–Crippen LogP) is 4.39. The number of rotatable bonds is 7. The monoisotopic (exact) mass is 350 g/mol. The summed E-state index contributed by atoms with van der Waals surface area (Å²) in [6.07, 6.45) is 1.86. The molecule has 0 radical (unpaired) electrons. The molecule has 0 atom stereocenters. The molecule has 1 aromatic heterocycles. The van der Waals surface area contributed by atoms with E-state index < -0.39 is 0 Å². The van der Waals surface area contributed by atoms with Gasteiger partial charge in [-0.1, -0.05) is 30.3 Å². The first-order valence-electron chi connectivity index (χ1n) is 8.29. The Hall–Kier alpha value is -3.21. The summed E-state index contributed by atoms with van der Waals surface area (Å²) in [5.41, 5.74) is 3.19. The SMILES string of the molecule is COc1cc(OC)c(OC)cc1CNc1ccc(-c2ccccc2)cn1. The second-order valence-corrected chi connectivity index (χ2v) is 5.67. The standard InChI is InChI=1S/C21H22N2O3/c1-24-18-12-20(26-3)19(25-2)11-17(18)14-23-21-10-9-16(13-22-21)15-7-5-4-6-8-15/h4-13H,14H2,1-3H3,(H,22,23). The van der Waals surface area contributed by atoms with Crippen molar-refractivity contribution < 1.29 is 14.2 Å². The summed E-state index contributed by atoms with van der Waals surface area (Å²) in [4.78, 5) is 4.49. The van der Waals surface area contributed by atoms with Gasteiger partial charge in [0.15, 0.2) is 11.5 Å². The maximum Gasteiger partial charge on any atom is 0.164 e. The smallest absolute Gasteiger partial charge is 0.164 e. The minimum Gasteiger partial charge on any atom is -0.496 e. The van der Waals surface area contributed by atoms with Crippen LogP contribution in [0.15, 0.2) is 60.8 Å². The third-order valence-corrected chi connectivity index (χ3v) is 4.12. The summed E-state index contributed by atoms with van der Waals surface area (Å²) in [5.74, 6) is 2.83. The molecule has 1 N–H and O–H groups in total. The van der Waals surface area contributed by atoms with Crippen molar-refractivity contribution in [1.29, 1.82) is 0 Å². The Morgan fingerprint density at radius 1 is 0.769 bits per heavy atom. The van der Waals surface area contributed by atoms with Gasteiger partial charge >= 0.3 is 0 Å². The van der Waals surface area contributed by atoms with Crippen molar-refractivity contribution in [2.24, 2.45) is 0 Å². The molecular weight excluding hydrogens is 328 g/mol. The van der Waals surface area contributed by atoms with Crippen molar-refractivity contribution in [3.63, 3.8) is 0 Å². The Bertz CT molecular complexity index is 849. The minimum atomic E-state index is 0.557. The fourth-order valence-electron chi connectivity index (χ4n) is 2.72. The highest BCUT2D eigenvalue weighted by Gasteiger charge is 2.12. The quantitative estimate of drug-likeness (QED) is 0.685. The average Bonchev–Trinajstić information content (AvgIpc) is 2.72. The fourth-order valence-corrected chi connectivity index (χ4v) is 2.72. The lowest BCUT2D eigenvalue weighted by Gasteiger charge is -2.15. The number of nitrogens with one attached hydrogen (secondary N) is 1. The summed E-state index contributed by atoms with van der Waals surface area (Å²) >= 11 is 0. The molecule has 0 saturated heterocycles. The van der Waals surface area contributed by atoms with Crippen molar-refractivity contribution in [1.82, 2.24) is 4.98 Å². The van der Waals surface area contributed by atoms with Crippen LogP contribution in [0.25, 0.3) is 11.1 Å². The average molecular weight is 350 g/mol. The van der Waals surface area contributed by atoms with Gasteiger partial charge in [-0.25, -0.2) is 4.98 Å². The zero-order valence-corrected chi connectivity index (χ0v) is 15.2. The molecule has 0 aliphatic rings. The zero-order chi connectivity index (χ0) is 18.4. The summed E-state index contributed by atoms with van der Waals surface area (Å²) in [7, 11) is 4.86. The van der Waals surface area contributed by atoms with Gasteiger partial charge in [-0.05, 0) is 23.8 Å². The Balaban J connectivity index is 1.74. The van der Waals surface area contributed by atoms with Gasteiger partial charge in [-0.15, -0.1) is 0 Å². The largest absolute Gasteiger partial charge is 0.496 e. The summed E-state index contributed by atoms with van der Waals surface area (Å²) < 4.78 is 16.1. The lowest BCUT2D eigenvalue weighted by atomic mass is 10.1. The van der Waals surface area contributed by atoms with Crippen LogP contribution in [0.3, 0.4) is 0 Å². The van der Waals surface area contributed by atoms with Gasteiger partial charge in [0.2, 0.25) is 0 Å². The van der Waals surface area contributed by atoms with Crippen LogP contribution in [0, 0.1) is 0 Å². The molecule has 1 heterocycles. The van der Waals surface area contributed by atoms with E-state index in [1.807, 2.05) is 42.6 Å². The maximum atomic E-state index is 5.46. The van der Waals surface area contributed by atoms with Crippen molar-refractivity contribution >= 4 is 5.82 Å². The second-order valence-electron chi connectivity index (χ2n) is 5.67. The lowest BCUT2D eigenvalue weighted by Crippen LogP contribution is -2.04. The van der Waals surface area contributed by atoms with E-state index in [4.69, 9.17) is 14.2 Å². The van der Waals surface area contributed by atoms with Gasteiger partial charge in [0.25, 0.3) is 0 Å². The molecule has 2 aromatic carbocycles. The number of pyridine rings is 1. The van der Waals surface area contributed by atoms with Crippen LogP contribution >= 0.6 is 0 Å². The Morgan fingerprint density at radius 3 is 2.08 bits per heavy atom. The van der Waals surface area contributed by atoms with Crippen LogP contribution in [0.5, 0.6) is 17.2 Å². The third-order valence-electron chi connectivity index (χ3n) is 4.12. The van der Waals surface area contributed by atoms with Crippen molar-refractivity contribution in [2.75, 3.05) is 26.6 Å². The van der Waals surface area contributed by atoms with E-state index in [2.05, 4.69) is 28.5 Å². The number of anilines is 1. The number of benzene rings is 2. The van der Waals surface area contributed by atoms with Crippen molar-refractivity contribution in [3.8, 4) is 28.4 Å². The maximum absolute atomic E-state index is 5.46. The number of hydrogen-bond donors (Lipinski definition) is 1. The molecule has 0 saturated carbocycles. The first-order valence-corrected chi connectivity index (χ1v) is 8.29. The lowest BCUT2D eigenvalue weighted by molar-refractivity contribution is 0.347. The molecule has 3 aromatic rings. The number of hydrogen-bond acceptors (Lipinski definition) is 5. The van der Waals surface area contributed by atoms with Gasteiger partial charge < -0.3 is 19.5 Å². The van der Waals surface area contributed by atoms with E-state index >= 15 is 0 Å². The van der Waals surface area contributed by atoms with E-state index in [1.165, 1.54) is 0 Å². The Labute approximate surface area is 153 Å². The molecule has 5 heteroatoms. The third kappa shape index (κ3) is 3.88. The summed E-state index contributed by atoms with van der Waals surface area (Å²) in [6.45, 7) is 0.557. The summed E-state index contributed by atoms with van der Waals surface area (Å²) in [5, 5.41) is 3.32. The Morgan fingerprint density at radius 2 is 1.46 bits per heavy atom. The Kier molecular flexibility index (Phi) is 5.59. The number of aromatic nitrogens is 1. The minimum absolute atomic E-state index is 0.557. The topological polar surface area (TPSA) is 52.6 Å². The molecule has 3 rings (SSSR count). The molecular formula is C21H22N2O3. The van der Waals surface area contributed by atoms with Gasteiger partial charge in [0.05, 0.1) is 21.3 Å². The molecule has 0 fully saturated rings.